The van der Waals surface area contributed by atoms with Gasteiger partial charge in [-0.3, -0.25) is 9.69 Å². The minimum absolute atomic E-state index is 0.0480. The molecule has 134 valence electrons. The van der Waals surface area contributed by atoms with Gasteiger partial charge >= 0.3 is 0 Å². The lowest BCUT2D eigenvalue weighted by Gasteiger charge is -2.31. The molecule has 0 amide bonds. The van der Waals surface area contributed by atoms with Crippen LogP contribution >= 0.6 is 0 Å². The molecule has 6 heteroatoms. The number of benzene rings is 1. The van der Waals surface area contributed by atoms with E-state index in [1.807, 2.05) is 24.3 Å². The Balaban J connectivity index is 1.45. The van der Waals surface area contributed by atoms with Crippen molar-refractivity contribution in [3.8, 4) is 0 Å². The number of H-pyrrole nitrogens is 1. The van der Waals surface area contributed by atoms with Crippen LogP contribution in [0.15, 0.2) is 29.1 Å². The fourth-order valence-electron chi connectivity index (χ4n) is 4.08. The number of nitrogens with zero attached hydrogens (tertiary/aromatic N) is 4. The quantitative estimate of drug-likeness (QED) is 0.789. The van der Waals surface area contributed by atoms with Crippen LogP contribution in [0.5, 0.6) is 0 Å². The van der Waals surface area contributed by atoms with Crippen LogP contribution in [0.4, 0.5) is 0 Å². The van der Waals surface area contributed by atoms with Gasteiger partial charge in [0.2, 0.25) is 0 Å². The Kier molecular flexibility index (Phi) is 3.50. The molecule has 1 aliphatic heterocycles. The van der Waals surface area contributed by atoms with Gasteiger partial charge in [-0.2, -0.15) is 0 Å². The van der Waals surface area contributed by atoms with E-state index in [0.717, 1.165) is 30.9 Å². The Labute approximate surface area is 151 Å². The van der Waals surface area contributed by atoms with Crippen molar-refractivity contribution < 1.29 is 0 Å². The van der Waals surface area contributed by atoms with Gasteiger partial charge in [0, 0.05) is 38.2 Å². The zero-order chi connectivity index (χ0) is 17.8. The summed E-state index contributed by atoms with van der Waals surface area (Å²) in [4.78, 5) is 27.4. The third-order valence-electron chi connectivity index (χ3n) is 5.84. The molecule has 1 fully saturated rings. The second-order valence-corrected chi connectivity index (χ2v) is 7.56. The molecule has 5 rings (SSSR count). The van der Waals surface area contributed by atoms with E-state index in [0.29, 0.717) is 11.3 Å². The summed E-state index contributed by atoms with van der Waals surface area (Å²) in [7, 11) is 2.15. The second-order valence-electron chi connectivity index (χ2n) is 7.56. The maximum Gasteiger partial charge on any atom is 0.258 e. The number of aromatic amines is 1. The number of hydrogen-bond donors (Lipinski definition) is 1. The molecule has 1 aliphatic carbocycles. The standard InChI is InChI=1S/C20H23N5O/c1-12(18-21-15-6-4-3-5-14(15)20(26)23-18)25-10-9-17-16(11-25)22-19(24(17)2)13-7-8-13/h3-6,12-13H,7-11H2,1-2H3,(H,21,23,26)/t12-/m1/s1. The summed E-state index contributed by atoms with van der Waals surface area (Å²) in [5.41, 5.74) is 3.25. The lowest BCUT2D eigenvalue weighted by atomic mass is 10.1. The largest absolute Gasteiger partial charge is 0.335 e. The SMILES string of the molecule is C[C@H](c1nc2ccccc2c(=O)[nH]1)N1CCc2c(nc(C3CC3)n2C)C1. The number of para-hydroxylation sites is 1. The lowest BCUT2D eigenvalue weighted by molar-refractivity contribution is 0.181. The number of aromatic nitrogens is 4. The van der Waals surface area contributed by atoms with E-state index in [1.165, 1.54) is 30.1 Å². The molecule has 3 heterocycles. The predicted molar refractivity (Wildman–Crippen MR) is 100 cm³/mol. The van der Waals surface area contributed by atoms with Gasteiger partial charge in [0.05, 0.1) is 22.6 Å². The molecule has 1 atom stereocenters. The van der Waals surface area contributed by atoms with Gasteiger partial charge in [-0.05, 0) is 31.9 Å². The molecule has 0 unspecified atom stereocenters. The minimum atomic E-state index is -0.0657. The van der Waals surface area contributed by atoms with Gasteiger partial charge in [0.25, 0.3) is 5.56 Å². The highest BCUT2D eigenvalue weighted by atomic mass is 16.1. The van der Waals surface area contributed by atoms with Crippen LogP contribution in [0, 0.1) is 0 Å². The van der Waals surface area contributed by atoms with Crippen LogP contribution in [0.2, 0.25) is 0 Å². The van der Waals surface area contributed by atoms with Gasteiger partial charge < -0.3 is 9.55 Å². The number of fused-ring (bicyclic) bond motifs is 2. The first-order valence-electron chi connectivity index (χ1n) is 9.39. The summed E-state index contributed by atoms with van der Waals surface area (Å²) < 4.78 is 2.31. The summed E-state index contributed by atoms with van der Waals surface area (Å²) in [6.45, 7) is 3.88. The second kappa shape index (κ2) is 5.77. The molecule has 6 nitrogen and oxygen atoms in total. The number of rotatable bonds is 3. The molecule has 1 N–H and O–H groups in total. The molecule has 2 aliphatic rings. The van der Waals surface area contributed by atoms with Crippen LogP contribution in [0.25, 0.3) is 10.9 Å². The topological polar surface area (TPSA) is 66.8 Å². The lowest BCUT2D eigenvalue weighted by Crippen LogP contribution is -2.35. The zero-order valence-corrected chi connectivity index (χ0v) is 15.2. The Morgan fingerprint density at radius 1 is 1.23 bits per heavy atom. The molecular formula is C20H23N5O. The average Bonchev–Trinajstić information content (AvgIpc) is 3.45. The van der Waals surface area contributed by atoms with Crippen molar-refractivity contribution >= 4 is 10.9 Å². The molecule has 1 aromatic carbocycles. The maximum absolute atomic E-state index is 12.4. The fraction of sp³-hybridized carbons (Fsp3) is 0.450. The van der Waals surface area contributed by atoms with Crippen LogP contribution < -0.4 is 5.56 Å². The van der Waals surface area contributed by atoms with Crippen molar-refractivity contribution in [1.82, 2.24) is 24.4 Å². The van der Waals surface area contributed by atoms with Gasteiger partial charge in [-0.1, -0.05) is 12.1 Å². The Hall–Kier alpha value is -2.47. The van der Waals surface area contributed by atoms with Crippen LogP contribution in [0.1, 0.15) is 54.8 Å². The molecule has 2 aromatic heterocycles. The minimum Gasteiger partial charge on any atom is -0.335 e. The summed E-state index contributed by atoms with van der Waals surface area (Å²) in [5, 5.41) is 0.642. The summed E-state index contributed by atoms with van der Waals surface area (Å²) in [5.74, 6) is 2.65. The Morgan fingerprint density at radius 2 is 2.04 bits per heavy atom. The Bertz CT molecular complexity index is 1050. The monoisotopic (exact) mass is 349 g/mol. The smallest absolute Gasteiger partial charge is 0.258 e. The van der Waals surface area contributed by atoms with E-state index in [2.05, 4.69) is 28.4 Å². The van der Waals surface area contributed by atoms with Gasteiger partial charge in [0.15, 0.2) is 0 Å². The molecular weight excluding hydrogens is 326 g/mol. The molecule has 1 saturated carbocycles. The van der Waals surface area contributed by atoms with E-state index < -0.39 is 0 Å². The number of imidazole rings is 1. The number of hydrogen-bond acceptors (Lipinski definition) is 4. The van der Waals surface area contributed by atoms with E-state index in [-0.39, 0.29) is 11.6 Å². The van der Waals surface area contributed by atoms with Gasteiger partial charge in [-0.15, -0.1) is 0 Å². The van der Waals surface area contributed by atoms with Gasteiger partial charge in [-0.25, -0.2) is 9.97 Å². The summed E-state index contributed by atoms with van der Waals surface area (Å²) in [6.07, 6.45) is 3.53. The highest BCUT2D eigenvalue weighted by molar-refractivity contribution is 5.77. The zero-order valence-electron chi connectivity index (χ0n) is 15.2. The van der Waals surface area contributed by atoms with Crippen molar-refractivity contribution in [2.45, 2.75) is 44.7 Å². The molecule has 26 heavy (non-hydrogen) atoms. The van der Waals surface area contributed by atoms with Crippen LogP contribution in [0.3, 0.4) is 0 Å². The van der Waals surface area contributed by atoms with E-state index in [1.54, 1.807) is 0 Å². The molecule has 0 saturated heterocycles. The first-order valence-corrected chi connectivity index (χ1v) is 9.39. The van der Waals surface area contributed by atoms with Crippen molar-refractivity contribution in [1.29, 1.82) is 0 Å². The van der Waals surface area contributed by atoms with E-state index in [9.17, 15) is 4.79 Å². The first kappa shape index (κ1) is 15.8. The van der Waals surface area contributed by atoms with Crippen LogP contribution in [-0.4, -0.2) is 31.0 Å². The highest BCUT2D eigenvalue weighted by Crippen LogP contribution is 2.40. The fourth-order valence-corrected chi connectivity index (χ4v) is 4.08. The molecule has 0 spiro atoms. The average molecular weight is 349 g/mol. The van der Waals surface area contributed by atoms with E-state index in [4.69, 9.17) is 9.97 Å². The summed E-state index contributed by atoms with van der Waals surface area (Å²) in [6, 6.07) is 7.55. The number of nitrogens with one attached hydrogen (secondary N) is 1. The molecule has 0 radical (unpaired) electrons. The third-order valence-corrected chi connectivity index (χ3v) is 5.84. The van der Waals surface area contributed by atoms with E-state index >= 15 is 0 Å². The van der Waals surface area contributed by atoms with Crippen molar-refractivity contribution in [3.05, 3.63) is 57.7 Å². The van der Waals surface area contributed by atoms with Crippen molar-refractivity contribution in [3.63, 3.8) is 0 Å². The van der Waals surface area contributed by atoms with Crippen LogP contribution in [-0.2, 0) is 20.0 Å². The maximum atomic E-state index is 12.4. The molecule has 0 bridgehead atoms. The van der Waals surface area contributed by atoms with Crippen molar-refractivity contribution in [2.75, 3.05) is 6.54 Å². The summed E-state index contributed by atoms with van der Waals surface area (Å²) >= 11 is 0. The van der Waals surface area contributed by atoms with Gasteiger partial charge in [0.1, 0.15) is 11.6 Å². The molecule has 3 aromatic rings. The first-order chi connectivity index (χ1) is 12.6. The normalized spacial score (nSPS) is 18.8. The Morgan fingerprint density at radius 3 is 2.85 bits per heavy atom. The predicted octanol–water partition coefficient (Wildman–Crippen LogP) is 2.65. The highest BCUT2D eigenvalue weighted by Gasteiger charge is 2.33. The third kappa shape index (κ3) is 2.48. The van der Waals surface area contributed by atoms with Crippen molar-refractivity contribution in [2.24, 2.45) is 7.05 Å².